The second kappa shape index (κ2) is 7.05. The molecule has 0 unspecified atom stereocenters. The Hall–Kier alpha value is -1.84. The van der Waals surface area contributed by atoms with Gasteiger partial charge in [-0.15, -0.1) is 26.3 Å². The highest BCUT2D eigenvalue weighted by Crippen LogP contribution is 2.38. The van der Waals surface area contributed by atoms with E-state index in [1.165, 1.54) is 0 Å². The van der Waals surface area contributed by atoms with Crippen LogP contribution in [0.4, 0.5) is 52.7 Å². The third-order valence-electron chi connectivity index (χ3n) is 2.25. The molecule has 0 heterocycles. The number of alkyl halides is 12. The van der Waals surface area contributed by atoms with Crippen LogP contribution in [-0.2, 0) is 21.7 Å². The number of hydrogen-bond donors (Lipinski definition) is 0. The average molecular weight is 410 g/mol. The molecule has 0 saturated heterocycles. The summed E-state index contributed by atoms with van der Waals surface area (Å²) in [6.07, 6.45) is -22.5. The molecule has 0 aromatic heterocycles. The van der Waals surface area contributed by atoms with Crippen LogP contribution >= 0.6 is 0 Å². The molecule has 0 fully saturated rings. The molecule has 0 N–H and O–H groups in total. The van der Waals surface area contributed by atoms with Crippen molar-refractivity contribution in [1.82, 2.24) is 0 Å². The lowest BCUT2D eigenvalue weighted by Crippen LogP contribution is -2.40. The van der Waals surface area contributed by atoms with Gasteiger partial charge in [0.15, 0.2) is 0 Å². The highest BCUT2D eigenvalue weighted by Gasteiger charge is 2.48. The van der Waals surface area contributed by atoms with Gasteiger partial charge in [0.2, 0.25) is 0 Å². The molecule has 26 heavy (non-hydrogen) atoms. The van der Waals surface area contributed by atoms with Crippen molar-refractivity contribution >= 4 is 7.32 Å². The van der Waals surface area contributed by atoms with Gasteiger partial charge >= 0.3 is 32.4 Å². The Morgan fingerprint density at radius 1 is 0.577 bits per heavy atom. The Labute approximate surface area is 135 Å². The smallest absolute Gasteiger partial charge is 0.512 e. The van der Waals surface area contributed by atoms with Gasteiger partial charge in [0.05, 0.1) is 11.1 Å². The zero-order chi connectivity index (χ0) is 20.6. The summed E-state index contributed by atoms with van der Waals surface area (Å²) in [6.45, 7) is 0. The summed E-state index contributed by atoms with van der Waals surface area (Å²) in [7, 11) is -3.75. The van der Waals surface area contributed by atoms with E-state index in [2.05, 4.69) is 14.0 Å². The van der Waals surface area contributed by atoms with E-state index in [0.29, 0.717) is 0 Å². The quantitative estimate of drug-likeness (QED) is 0.507. The molecule has 0 atom stereocenters. The molecular formula is C10H3BF12O3. The SMILES string of the molecule is FC(F)(F)OB(Oc1cc(C(F)(F)F)cc(C(F)(F)F)c1)OC(F)(F)F. The van der Waals surface area contributed by atoms with Crippen LogP contribution in [-0.4, -0.2) is 20.0 Å². The molecule has 0 radical (unpaired) electrons. The van der Waals surface area contributed by atoms with Crippen molar-refractivity contribution in [3.63, 3.8) is 0 Å². The zero-order valence-electron chi connectivity index (χ0n) is 11.6. The molecule has 16 heteroatoms. The third kappa shape index (κ3) is 7.59. The van der Waals surface area contributed by atoms with Gasteiger partial charge in [-0.1, -0.05) is 0 Å². The van der Waals surface area contributed by atoms with Crippen LogP contribution in [0.5, 0.6) is 5.75 Å². The molecule has 148 valence electrons. The molecule has 1 aromatic rings. The Morgan fingerprint density at radius 2 is 0.923 bits per heavy atom. The minimum Gasteiger partial charge on any atom is -0.512 e. The number of rotatable bonds is 4. The summed E-state index contributed by atoms with van der Waals surface area (Å²) in [5.41, 5.74) is -4.08. The first kappa shape index (κ1) is 22.2. The van der Waals surface area contributed by atoms with E-state index in [0.717, 1.165) is 0 Å². The molecule has 0 bridgehead atoms. The van der Waals surface area contributed by atoms with Gasteiger partial charge in [0.1, 0.15) is 5.75 Å². The molecule has 1 aromatic carbocycles. The van der Waals surface area contributed by atoms with Crippen molar-refractivity contribution in [2.75, 3.05) is 0 Å². The van der Waals surface area contributed by atoms with Crippen LogP contribution in [0.3, 0.4) is 0 Å². The molecule has 0 amide bonds. The van der Waals surface area contributed by atoms with Crippen molar-refractivity contribution in [2.24, 2.45) is 0 Å². The molecular weight excluding hydrogens is 407 g/mol. The second-order valence-corrected chi connectivity index (χ2v) is 4.28. The van der Waals surface area contributed by atoms with E-state index in [9.17, 15) is 52.7 Å². The van der Waals surface area contributed by atoms with E-state index in [-0.39, 0.29) is 12.1 Å². The maximum absolute atomic E-state index is 12.6. The van der Waals surface area contributed by atoms with E-state index in [1.54, 1.807) is 0 Å². The van der Waals surface area contributed by atoms with Crippen LogP contribution in [0.25, 0.3) is 0 Å². The predicted octanol–water partition coefficient (Wildman–Crippen LogP) is 5.16. The van der Waals surface area contributed by atoms with E-state index in [4.69, 9.17) is 0 Å². The average Bonchev–Trinajstić information content (AvgIpc) is 2.31. The summed E-state index contributed by atoms with van der Waals surface area (Å²) in [5, 5.41) is 0. The van der Waals surface area contributed by atoms with Gasteiger partial charge < -0.3 is 4.65 Å². The van der Waals surface area contributed by atoms with Crippen LogP contribution in [0.2, 0.25) is 0 Å². The van der Waals surface area contributed by atoms with E-state index >= 15 is 0 Å². The Balaban J connectivity index is 3.28. The fourth-order valence-electron chi connectivity index (χ4n) is 1.40. The van der Waals surface area contributed by atoms with Crippen LogP contribution in [0.1, 0.15) is 11.1 Å². The van der Waals surface area contributed by atoms with Crippen molar-refractivity contribution in [3.8, 4) is 5.75 Å². The van der Waals surface area contributed by atoms with Gasteiger partial charge in [-0.2, -0.15) is 26.3 Å². The monoisotopic (exact) mass is 410 g/mol. The normalized spacial score (nSPS) is 13.7. The van der Waals surface area contributed by atoms with Crippen LogP contribution < -0.4 is 4.65 Å². The number of benzene rings is 1. The Kier molecular flexibility index (Phi) is 6.03. The molecule has 0 aliphatic rings. The van der Waals surface area contributed by atoms with Crippen LogP contribution in [0.15, 0.2) is 18.2 Å². The van der Waals surface area contributed by atoms with Gasteiger partial charge in [0, 0.05) is 0 Å². The highest BCUT2D eigenvalue weighted by atomic mass is 19.4. The van der Waals surface area contributed by atoms with E-state index < -0.39 is 55.3 Å². The maximum atomic E-state index is 12.6. The minimum absolute atomic E-state index is 0.262. The predicted molar refractivity (Wildman–Crippen MR) is 57.1 cm³/mol. The lowest BCUT2D eigenvalue weighted by molar-refractivity contribution is -0.324. The van der Waals surface area contributed by atoms with Crippen molar-refractivity contribution in [3.05, 3.63) is 29.3 Å². The summed E-state index contributed by atoms with van der Waals surface area (Å²) >= 11 is 0. The molecule has 0 saturated carbocycles. The fourth-order valence-corrected chi connectivity index (χ4v) is 1.40. The minimum atomic E-state index is -5.82. The molecule has 0 aliphatic carbocycles. The topological polar surface area (TPSA) is 27.7 Å². The Bertz CT molecular complexity index is 569. The molecule has 1 rings (SSSR count). The molecule has 0 aliphatic heterocycles. The molecule has 3 nitrogen and oxygen atoms in total. The summed E-state index contributed by atoms with van der Waals surface area (Å²) in [4.78, 5) is 0. The summed E-state index contributed by atoms with van der Waals surface area (Å²) in [5.74, 6) is -1.66. The standard InChI is InChI=1S/C10H3BF12O3/c12-7(13,14)4-1-5(8(15,16)17)3-6(2-4)24-11(25-9(18,19)20)26-10(21,22)23/h1-3H. The second-order valence-electron chi connectivity index (χ2n) is 4.28. The van der Waals surface area contributed by atoms with Gasteiger partial charge in [-0.05, 0) is 18.2 Å². The first-order valence-corrected chi connectivity index (χ1v) is 5.82. The zero-order valence-corrected chi connectivity index (χ0v) is 11.6. The van der Waals surface area contributed by atoms with Gasteiger partial charge in [-0.25, -0.2) is 0 Å². The first-order valence-electron chi connectivity index (χ1n) is 5.82. The fraction of sp³-hybridized carbons (Fsp3) is 0.400. The largest absolute Gasteiger partial charge is 0.726 e. The number of halogens is 12. The number of hydrogen-bond acceptors (Lipinski definition) is 3. The van der Waals surface area contributed by atoms with E-state index in [1.807, 2.05) is 0 Å². The lowest BCUT2D eigenvalue weighted by Gasteiger charge is -2.19. The molecule has 0 spiro atoms. The van der Waals surface area contributed by atoms with Crippen molar-refractivity contribution in [2.45, 2.75) is 25.1 Å². The summed E-state index contributed by atoms with van der Waals surface area (Å²) < 4.78 is 157. The highest BCUT2D eigenvalue weighted by molar-refractivity contribution is 6.37. The first-order chi connectivity index (χ1) is 11.4. The van der Waals surface area contributed by atoms with Crippen LogP contribution in [0, 0.1) is 0 Å². The third-order valence-corrected chi connectivity index (χ3v) is 2.25. The summed E-state index contributed by atoms with van der Waals surface area (Å²) in [6, 6.07) is -0.944. The van der Waals surface area contributed by atoms with Crippen molar-refractivity contribution < 1.29 is 66.6 Å². The van der Waals surface area contributed by atoms with Gasteiger partial charge in [-0.3, -0.25) is 9.31 Å². The van der Waals surface area contributed by atoms with Gasteiger partial charge in [0.25, 0.3) is 0 Å². The lowest BCUT2D eigenvalue weighted by atomic mass is 10.1. The maximum Gasteiger partial charge on any atom is 0.726 e. The van der Waals surface area contributed by atoms with Crippen molar-refractivity contribution in [1.29, 1.82) is 0 Å². The Morgan fingerprint density at radius 3 is 1.19 bits per heavy atom.